The van der Waals surface area contributed by atoms with Gasteiger partial charge in [-0.3, -0.25) is 0 Å². The molecule has 0 saturated heterocycles. The van der Waals surface area contributed by atoms with Gasteiger partial charge in [-0.15, -0.1) is 0 Å². The van der Waals surface area contributed by atoms with Crippen LogP contribution in [-0.2, 0) is 4.74 Å². The fourth-order valence-electron chi connectivity index (χ4n) is 2.19. The van der Waals surface area contributed by atoms with Crippen molar-refractivity contribution < 1.29 is 4.74 Å². The second-order valence-electron chi connectivity index (χ2n) is 5.56. The third-order valence-electron chi connectivity index (χ3n) is 3.04. The van der Waals surface area contributed by atoms with Crippen molar-refractivity contribution in [3.8, 4) is 0 Å². The minimum Gasteiger partial charge on any atom is -0.376 e. The molecule has 0 fully saturated rings. The van der Waals surface area contributed by atoms with E-state index in [1.54, 1.807) is 0 Å². The smallest absolute Gasteiger partial charge is 0.0817 e. The van der Waals surface area contributed by atoms with E-state index in [1.807, 2.05) is 26.1 Å². The largest absolute Gasteiger partial charge is 0.376 e. The zero-order valence-electron chi connectivity index (χ0n) is 12.0. The van der Waals surface area contributed by atoms with Crippen LogP contribution in [0.15, 0.2) is 24.3 Å². The molecule has 2 nitrogen and oxygen atoms in total. The SMILES string of the molecule is CCOC(C(NC)c1ccc(Cl)cc1)C(C)(C)C. The first-order chi connectivity index (χ1) is 8.40. The number of rotatable bonds is 5. The number of hydrogen-bond donors (Lipinski definition) is 1. The number of halogens is 1. The van der Waals surface area contributed by atoms with Crippen LogP contribution in [0.25, 0.3) is 0 Å². The van der Waals surface area contributed by atoms with Gasteiger partial charge in [-0.05, 0) is 37.1 Å². The van der Waals surface area contributed by atoms with Crippen LogP contribution in [-0.4, -0.2) is 19.8 Å². The average molecular weight is 270 g/mol. The Bertz CT molecular complexity index is 356. The Balaban J connectivity index is 3.02. The molecule has 2 unspecified atom stereocenters. The van der Waals surface area contributed by atoms with Crippen LogP contribution in [0.1, 0.15) is 39.3 Å². The highest BCUT2D eigenvalue weighted by atomic mass is 35.5. The maximum absolute atomic E-state index is 5.95. The predicted octanol–water partition coefficient (Wildman–Crippen LogP) is 4.05. The molecule has 3 heteroatoms. The summed E-state index contributed by atoms with van der Waals surface area (Å²) in [6.45, 7) is 9.36. The van der Waals surface area contributed by atoms with Crippen LogP contribution < -0.4 is 5.32 Å². The molecule has 102 valence electrons. The summed E-state index contributed by atoms with van der Waals surface area (Å²) in [4.78, 5) is 0. The molecule has 0 amide bonds. The second-order valence-corrected chi connectivity index (χ2v) is 6.00. The molecule has 1 aromatic carbocycles. The number of ether oxygens (including phenoxy) is 1. The lowest BCUT2D eigenvalue weighted by atomic mass is 9.82. The molecular weight excluding hydrogens is 246 g/mol. The molecule has 0 spiro atoms. The van der Waals surface area contributed by atoms with Crippen molar-refractivity contribution in [2.24, 2.45) is 5.41 Å². The van der Waals surface area contributed by atoms with E-state index in [2.05, 4.69) is 38.2 Å². The van der Waals surface area contributed by atoms with E-state index in [4.69, 9.17) is 16.3 Å². The van der Waals surface area contributed by atoms with Crippen LogP contribution >= 0.6 is 11.6 Å². The minimum atomic E-state index is 0.0727. The number of nitrogens with one attached hydrogen (secondary N) is 1. The van der Waals surface area contributed by atoms with Crippen molar-refractivity contribution in [3.63, 3.8) is 0 Å². The number of likely N-dealkylation sites (N-methyl/N-ethyl adjacent to an activating group) is 1. The highest BCUT2D eigenvalue weighted by Gasteiger charge is 2.32. The Morgan fingerprint density at radius 3 is 2.17 bits per heavy atom. The summed E-state index contributed by atoms with van der Waals surface area (Å²) in [6.07, 6.45) is 0.119. The summed E-state index contributed by atoms with van der Waals surface area (Å²) < 4.78 is 5.95. The van der Waals surface area contributed by atoms with Crippen LogP contribution in [0.2, 0.25) is 5.02 Å². The van der Waals surface area contributed by atoms with Crippen LogP contribution in [0.5, 0.6) is 0 Å². The van der Waals surface area contributed by atoms with Gasteiger partial charge in [-0.2, -0.15) is 0 Å². The molecule has 2 atom stereocenters. The van der Waals surface area contributed by atoms with Gasteiger partial charge >= 0.3 is 0 Å². The monoisotopic (exact) mass is 269 g/mol. The Morgan fingerprint density at radius 1 is 1.22 bits per heavy atom. The zero-order valence-corrected chi connectivity index (χ0v) is 12.7. The van der Waals surface area contributed by atoms with Crippen molar-refractivity contribution in [2.45, 2.75) is 39.8 Å². The van der Waals surface area contributed by atoms with Crippen molar-refractivity contribution in [2.75, 3.05) is 13.7 Å². The van der Waals surface area contributed by atoms with Crippen LogP contribution in [0, 0.1) is 5.41 Å². The molecule has 18 heavy (non-hydrogen) atoms. The van der Waals surface area contributed by atoms with E-state index in [1.165, 1.54) is 5.56 Å². The lowest BCUT2D eigenvalue weighted by molar-refractivity contribution is -0.0350. The summed E-state index contributed by atoms with van der Waals surface area (Å²) in [5.74, 6) is 0. The lowest BCUT2D eigenvalue weighted by Gasteiger charge is -2.37. The molecule has 0 heterocycles. The fourth-order valence-corrected chi connectivity index (χ4v) is 2.31. The summed E-state index contributed by atoms with van der Waals surface area (Å²) in [5.41, 5.74) is 1.28. The molecule has 0 aliphatic rings. The molecule has 0 aliphatic carbocycles. The normalized spacial score (nSPS) is 15.4. The predicted molar refractivity (Wildman–Crippen MR) is 78.1 cm³/mol. The van der Waals surface area contributed by atoms with Gasteiger partial charge in [0.2, 0.25) is 0 Å². The van der Waals surface area contributed by atoms with E-state index < -0.39 is 0 Å². The van der Waals surface area contributed by atoms with E-state index in [0.29, 0.717) is 6.61 Å². The van der Waals surface area contributed by atoms with Crippen LogP contribution in [0.4, 0.5) is 0 Å². The van der Waals surface area contributed by atoms with Gasteiger partial charge in [0.1, 0.15) is 0 Å². The number of benzene rings is 1. The molecule has 0 aliphatic heterocycles. The highest BCUT2D eigenvalue weighted by Crippen LogP contribution is 2.33. The Hall–Kier alpha value is -0.570. The van der Waals surface area contributed by atoms with E-state index in [0.717, 1.165) is 5.02 Å². The van der Waals surface area contributed by atoms with Gasteiger partial charge in [-0.1, -0.05) is 44.5 Å². The lowest BCUT2D eigenvalue weighted by Crippen LogP contribution is -2.41. The molecule has 1 rings (SSSR count). The highest BCUT2D eigenvalue weighted by molar-refractivity contribution is 6.30. The van der Waals surface area contributed by atoms with E-state index in [-0.39, 0.29) is 17.6 Å². The van der Waals surface area contributed by atoms with E-state index >= 15 is 0 Å². The van der Waals surface area contributed by atoms with Crippen molar-refractivity contribution in [3.05, 3.63) is 34.9 Å². The summed E-state index contributed by atoms with van der Waals surface area (Å²) in [6, 6.07) is 8.13. The van der Waals surface area contributed by atoms with Gasteiger partial charge in [0, 0.05) is 11.6 Å². The molecule has 0 aromatic heterocycles. The topological polar surface area (TPSA) is 21.3 Å². The van der Waals surface area contributed by atoms with Crippen molar-refractivity contribution in [1.29, 1.82) is 0 Å². The Labute approximate surface area is 116 Å². The molecular formula is C15H24ClNO. The van der Waals surface area contributed by atoms with Crippen LogP contribution in [0.3, 0.4) is 0 Å². The Kier molecular flexibility index (Phi) is 5.64. The van der Waals surface area contributed by atoms with Crippen molar-refractivity contribution >= 4 is 11.6 Å². The molecule has 0 bridgehead atoms. The van der Waals surface area contributed by atoms with Crippen molar-refractivity contribution in [1.82, 2.24) is 5.32 Å². The zero-order chi connectivity index (χ0) is 13.8. The summed E-state index contributed by atoms with van der Waals surface area (Å²) >= 11 is 5.94. The number of hydrogen-bond acceptors (Lipinski definition) is 2. The molecule has 1 aromatic rings. The minimum absolute atomic E-state index is 0.0727. The van der Waals surface area contributed by atoms with Gasteiger partial charge < -0.3 is 10.1 Å². The molecule has 0 radical (unpaired) electrons. The first-order valence-corrected chi connectivity index (χ1v) is 6.82. The third kappa shape index (κ3) is 3.98. The van der Waals surface area contributed by atoms with Gasteiger partial charge in [0.05, 0.1) is 12.1 Å². The van der Waals surface area contributed by atoms with Gasteiger partial charge in [-0.25, -0.2) is 0 Å². The Morgan fingerprint density at radius 2 is 1.78 bits per heavy atom. The summed E-state index contributed by atoms with van der Waals surface area (Å²) in [5, 5.41) is 4.12. The first-order valence-electron chi connectivity index (χ1n) is 6.44. The first kappa shape index (κ1) is 15.5. The average Bonchev–Trinajstić information content (AvgIpc) is 2.30. The molecule has 1 N–H and O–H groups in total. The van der Waals surface area contributed by atoms with Gasteiger partial charge in [0.25, 0.3) is 0 Å². The maximum Gasteiger partial charge on any atom is 0.0817 e. The molecule has 0 saturated carbocycles. The fraction of sp³-hybridized carbons (Fsp3) is 0.600. The summed E-state index contributed by atoms with van der Waals surface area (Å²) in [7, 11) is 1.97. The second kappa shape index (κ2) is 6.55. The maximum atomic E-state index is 5.95. The van der Waals surface area contributed by atoms with E-state index in [9.17, 15) is 0 Å². The quantitative estimate of drug-likeness (QED) is 0.871. The van der Waals surface area contributed by atoms with Gasteiger partial charge in [0.15, 0.2) is 0 Å². The standard InChI is InChI=1S/C15H24ClNO/c1-6-18-14(15(2,3)4)13(17-5)11-7-9-12(16)10-8-11/h7-10,13-14,17H,6H2,1-5H3. The third-order valence-corrected chi connectivity index (χ3v) is 3.29.